The Kier molecular flexibility index (Phi) is 10.4. The Morgan fingerprint density at radius 2 is 1.91 bits per heavy atom. The molecule has 4 N–H and O–H groups in total. The van der Waals surface area contributed by atoms with Gasteiger partial charge in [0.15, 0.2) is 11.6 Å². The Balaban J connectivity index is 1.46. The van der Waals surface area contributed by atoms with Crippen molar-refractivity contribution in [2.75, 3.05) is 40.5 Å². The number of ether oxygens (including phenoxy) is 2. The highest BCUT2D eigenvalue weighted by atomic mass is 19.4. The van der Waals surface area contributed by atoms with Crippen LogP contribution in [0.25, 0.3) is 0 Å². The van der Waals surface area contributed by atoms with Crippen LogP contribution in [0.3, 0.4) is 0 Å². The lowest BCUT2D eigenvalue weighted by atomic mass is 9.71. The second-order valence-corrected chi connectivity index (χ2v) is 10.6. The summed E-state index contributed by atoms with van der Waals surface area (Å²) in [5.41, 5.74) is -2.35. The van der Waals surface area contributed by atoms with E-state index in [1.807, 2.05) is 0 Å². The van der Waals surface area contributed by atoms with E-state index in [9.17, 15) is 36.3 Å². The number of hydrogen-bond donors (Lipinski definition) is 4. The largest absolute Gasteiger partial charge is 0.466 e. The molecule has 1 saturated heterocycles. The second-order valence-electron chi connectivity index (χ2n) is 10.6. The molecule has 1 fully saturated rings. The minimum Gasteiger partial charge on any atom is -0.466 e. The first-order valence-electron chi connectivity index (χ1n) is 13.9. The molecule has 2 heterocycles. The van der Waals surface area contributed by atoms with Gasteiger partial charge in [0.05, 0.1) is 25.0 Å². The van der Waals surface area contributed by atoms with Gasteiger partial charge in [-0.1, -0.05) is 30.4 Å². The number of rotatable bonds is 9. The van der Waals surface area contributed by atoms with Gasteiger partial charge in [-0.3, -0.25) is 0 Å². The van der Waals surface area contributed by atoms with Gasteiger partial charge >= 0.3 is 24.2 Å². The summed E-state index contributed by atoms with van der Waals surface area (Å²) in [4.78, 5) is 39.9. The number of allylic oxidation sites excluding steroid dienone is 3. The summed E-state index contributed by atoms with van der Waals surface area (Å²) in [5, 5.41) is 11.2. The van der Waals surface area contributed by atoms with Crippen LogP contribution < -0.4 is 21.3 Å². The van der Waals surface area contributed by atoms with Gasteiger partial charge in [-0.25, -0.2) is 28.1 Å². The minimum absolute atomic E-state index is 0.0230. The lowest BCUT2D eigenvalue weighted by molar-refractivity contribution is -0.217. The molecule has 15 heteroatoms. The number of esters is 1. The summed E-state index contributed by atoms with van der Waals surface area (Å²) < 4.78 is 80.4. The molecule has 1 aromatic carbocycles. The van der Waals surface area contributed by atoms with Crippen LogP contribution in [0.2, 0.25) is 0 Å². The molecular weight excluding hydrogens is 593 g/mol. The van der Waals surface area contributed by atoms with Crippen LogP contribution in [0.4, 0.5) is 31.5 Å². The van der Waals surface area contributed by atoms with Crippen LogP contribution in [-0.4, -0.2) is 81.7 Å². The fourth-order valence-electron chi connectivity index (χ4n) is 5.81. The van der Waals surface area contributed by atoms with Crippen molar-refractivity contribution in [3.63, 3.8) is 0 Å². The zero-order valence-corrected chi connectivity index (χ0v) is 24.1. The molecule has 0 aromatic heterocycles. The van der Waals surface area contributed by atoms with Crippen molar-refractivity contribution in [1.29, 1.82) is 0 Å². The van der Waals surface area contributed by atoms with Gasteiger partial charge in [-0.15, -0.1) is 0 Å². The van der Waals surface area contributed by atoms with Crippen LogP contribution in [0.15, 0.2) is 53.8 Å². The Morgan fingerprint density at radius 1 is 1.14 bits per heavy atom. The average Bonchev–Trinajstić information content (AvgIpc) is 3.00. The third kappa shape index (κ3) is 6.79. The number of nitrogens with zero attached hydrogens (tertiary/aromatic N) is 1. The topological polar surface area (TPSA) is 121 Å². The van der Waals surface area contributed by atoms with Crippen molar-refractivity contribution in [2.45, 2.75) is 43.6 Å². The number of piperidine rings is 1. The standard InChI is InChI=1S/C29H34F5N5O5/c1-43-16-21-23(25(40)44-2)24(17-6-7-19(30)20(31)14-17)39(27(42)38-21)26(41)37-13-12-35-18-8-11-36-22(15-18)28(29(32,33)34)9-4-3-5-10-28/h3-7,9,14,18,22,24,35-36H,8,10-13,15-16H2,1-2H3,(H,37,41)(H,38,42)/t18?,22?,24-,28?/m0/s1. The van der Waals surface area contributed by atoms with E-state index in [0.717, 1.165) is 25.3 Å². The van der Waals surface area contributed by atoms with Gasteiger partial charge in [0, 0.05) is 32.3 Å². The lowest BCUT2D eigenvalue weighted by Crippen LogP contribution is -2.59. The molecule has 0 radical (unpaired) electrons. The minimum atomic E-state index is -4.46. The monoisotopic (exact) mass is 627 g/mol. The van der Waals surface area contributed by atoms with E-state index in [1.165, 1.54) is 25.3 Å². The van der Waals surface area contributed by atoms with Gasteiger partial charge in [-0.05, 0) is 43.5 Å². The van der Waals surface area contributed by atoms with E-state index in [1.54, 1.807) is 6.08 Å². The highest BCUT2D eigenvalue weighted by Crippen LogP contribution is 2.48. The number of hydrogen-bond acceptors (Lipinski definition) is 7. The summed E-state index contributed by atoms with van der Waals surface area (Å²) in [6, 6.07) is -1.85. The van der Waals surface area contributed by atoms with Crippen LogP contribution in [-0.2, 0) is 14.3 Å². The predicted octanol–water partition coefficient (Wildman–Crippen LogP) is 3.59. The van der Waals surface area contributed by atoms with Crippen LogP contribution in [0, 0.1) is 17.0 Å². The molecule has 1 aromatic rings. The van der Waals surface area contributed by atoms with Crippen LogP contribution in [0.1, 0.15) is 30.9 Å². The molecule has 4 amide bonds. The van der Waals surface area contributed by atoms with Crippen molar-refractivity contribution in [2.24, 2.45) is 5.41 Å². The van der Waals surface area contributed by atoms with Crippen molar-refractivity contribution in [3.8, 4) is 0 Å². The van der Waals surface area contributed by atoms with Gasteiger partial charge in [-0.2, -0.15) is 13.2 Å². The molecule has 3 unspecified atom stereocenters. The molecule has 240 valence electrons. The molecule has 0 spiro atoms. The number of benzene rings is 1. The maximum absolute atomic E-state index is 14.2. The number of methoxy groups -OCH3 is 2. The molecular formula is C29H34F5N5O5. The number of imide groups is 1. The third-order valence-corrected chi connectivity index (χ3v) is 7.99. The third-order valence-electron chi connectivity index (χ3n) is 7.99. The van der Waals surface area contributed by atoms with E-state index in [0.29, 0.717) is 17.9 Å². The maximum atomic E-state index is 14.2. The van der Waals surface area contributed by atoms with Crippen LogP contribution >= 0.6 is 0 Å². The molecule has 10 nitrogen and oxygen atoms in total. The van der Waals surface area contributed by atoms with Crippen molar-refractivity contribution >= 4 is 18.0 Å². The summed E-state index contributed by atoms with van der Waals surface area (Å²) in [6.45, 7) is 0.212. The SMILES string of the molecule is COCC1=C(C(=O)OC)[C@H](c2ccc(F)c(F)c2)N(C(=O)NCCNC2CCNC(C3(C(F)(F)F)C=CC=CC3)C2)C(=O)N1. The van der Waals surface area contributed by atoms with E-state index >= 15 is 0 Å². The van der Waals surface area contributed by atoms with E-state index in [-0.39, 0.29) is 55.4 Å². The predicted molar refractivity (Wildman–Crippen MR) is 148 cm³/mol. The number of alkyl halides is 3. The fraction of sp³-hybridized carbons (Fsp3) is 0.483. The van der Waals surface area contributed by atoms with E-state index in [4.69, 9.17) is 9.47 Å². The average molecular weight is 628 g/mol. The zero-order valence-electron chi connectivity index (χ0n) is 24.1. The Hall–Kier alpha value is -3.82. The van der Waals surface area contributed by atoms with Crippen LogP contribution in [0.5, 0.6) is 0 Å². The summed E-state index contributed by atoms with van der Waals surface area (Å²) in [6.07, 6.45) is 1.83. The van der Waals surface area contributed by atoms with E-state index in [2.05, 4.69) is 21.3 Å². The fourth-order valence-corrected chi connectivity index (χ4v) is 5.81. The first-order chi connectivity index (χ1) is 20.9. The molecule has 0 bridgehead atoms. The Morgan fingerprint density at radius 3 is 2.55 bits per heavy atom. The smallest absolute Gasteiger partial charge is 0.399 e. The summed E-state index contributed by atoms with van der Waals surface area (Å²) >= 11 is 0. The van der Waals surface area contributed by atoms with E-state index < -0.39 is 53.3 Å². The molecule has 4 rings (SSSR count). The summed E-state index contributed by atoms with van der Waals surface area (Å²) in [5.74, 6) is -3.37. The molecule has 3 aliphatic rings. The van der Waals surface area contributed by atoms with Gasteiger partial charge in [0.1, 0.15) is 11.5 Å². The second kappa shape index (κ2) is 13.9. The number of urea groups is 2. The number of amides is 4. The number of halogens is 5. The van der Waals surface area contributed by atoms with Gasteiger partial charge in [0.25, 0.3) is 0 Å². The van der Waals surface area contributed by atoms with Crippen molar-refractivity contribution < 1.29 is 45.8 Å². The molecule has 1 aliphatic carbocycles. The normalized spacial score (nSPS) is 25.6. The molecule has 44 heavy (non-hydrogen) atoms. The Labute approximate surface area is 250 Å². The molecule has 0 saturated carbocycles. The first-order valence-corrected chi connectivity index (χ1v) is 13.9. The van der Waals surface area contributed by atoms with Crippen molar-refractivity contribution in [3.05, 3.63) is 71.0 Å². The van der Waals surface area contributed by atoms with Gasteiger partial charge < -0.3 is 30.7 Å². The van der Waals surface area contributed by atoms with Gasteiger partial charge in [0.2, 0.25) is 0 Å². The molecule has 4 atom stereocenters. The quantitative estimate of drug-likeness (QED) is 0.188. The molecule has 2 aliphatic heterocycles. The van der Waals surface area contributed by atoms with Crippen molar-refractivity contribution in [1.82, 2.24) is 26.2 Å². The Bertz CT molecular complexity index is 1350. The lowest BCUT2D eigenvalue weighted by Gasteiger charge is -2.44. The highest BCUT2D eigenvalue weighted by molar-refractivity contribution is 6.01. The summed E-state index contributed by atoms with van der Waals surface area (Å²) in [7, 11) is 2.39. The number of nitrogens with one attached hydrogen (secondary N) is 4. The maximum Gasteiger partial charge on any atom is 0.399 e. The number of carbonyl (C=O) groups excluding carboxylic acids is 3. The zero-order chi connectivity index (χ0) is 32.1. The number of carbonyl (C=O) groups is 3. The highest BCUT2D eigenvalue weighted by Gasteiger charge is 2.57. The first kappa shape index (κ1) is 33.1.